The smallest absolute Gasteiger partial charge is 0.420 e. The van der Waals surface area contributed by atoms with Gasteiger partial charge in [0.05, 0.1) is 12.8 Å². The highest BCUT2D eigenvalue weighted by Gasteiger charge is 2.21. The Balaban J connectivity index is 2.14. The average molecular weight is 371 g/mol. The van der Waals surface area contributed by atoms with E-state index in [2.05, 4.69) is 9.97 Å². The number of ether oxygens (including phenoxy) is 2. The molecular weight excluding hydrogens is 350 g/mol. The van der Waals surface area contributed by atoms with Gasteiger partial charge in [-0.2, -0.15) is 0 Å². The van der Waals surface area contributed by atoms with Gasteiger partial charge in [0.2, 0.25) is 0 Å². The molecule has 0 radical (unpaired) electrons. The number of methoxy groups -OCH3 is 1. The van der Waals surface area contributed by atoms with E-state index in [1.54, 1.807) is 13.3 Å². The number of carbonyl (C=O) groups excluding carboxylic acids is 1. The maximum atomic E-state index is 12.5. The Bertz CT molecular complexity index is 943. The Hall–Kier alpha value is -2.54. The molecular formula is C19H21N3O3S. The molecule has 0 aliphatic heterocycles. The van der Waals surface area contributed by atoms with Gasteiger partial charge in [0, 0.05) is 17.1 Å². The number of rotatable bonds is 3. The van der Waals surface area contributed by atoms with E-state index in [0.29, 0.717) is 10.8 Å². The molecule has 0 fully saturated rings. The highest BCUT2D eigenvalue weighted by atomic mass is 32.2. The first kappa shape index (κ1) is 18.3. The minimum atomic E-state index is -0.581. The van der Waals surface area contributed by atoms with Gasteiger partial charge in [-0.1, -0.05) is 11.8 Å². The van der Waals surface area contributed by atoms with E-state index >= 15 is 0 Å². The van der Waals surface area contributed by atoms with Crippen LogP contribution >= 0.6 is 11.8 Å². The van der Waals surface area contributed by atoms with Crippen LogP contribution in [0.1, 0.15) is 20.8 Å². The summed E-state index contributed by atoms with van der Waals surface area (Å²) in [5.74, 6) is 0.774. The maximum Gasteiger partial charge on any atom is 0.420 e. The third-order valence-electron chi connectivity index (χ3n) is 3.66. The normalized spacial score (nSPS) is 11.6. The van der Waals surface area contributed by atoms with Crippen molar-refractivity contribution in [3.8, 4) is 17.0 Å². The van der Waals surface area contributed by atoms with Gasteiger partial charge in [-0.3, -0.25) is 0 Å². The van der Waals surface area contributed by atoms with Crippen LogP contribution in [0.15, 0.2) is 41.7 Å². The van der Waals surface area contributed by atoms with Gasteiger partial charge >= 0.3 is 6.09 Å². The van der Waals surface area contributed by atoms with Crippen molar-refractivity contribution in [3.63, 3.8) is 0 Å². The molecule has 0 spiro atoms. The molecule has 0 aliphatic rings. The summed E-state index contributed by atoms with van der Waals surface area (Å²) in [7, 11) is 1.63. The highest BCUT2D eigenvalue weighted by Crippen LogP contribution is 2.30. The molecule has 3 rings (SSSR count). The zero-order chi connectivity index (χ0) is 18.9. The minimum absolute atomic E-state index is 0.459. The average Bonchev–Trinajstić information content (AvgIpc) is 3.03. The molecule has 0 amide bonds. The summed E-state index contributed by atoms with van der Waals surface area (Å²) in [5, 5.41) is 1.38. The number of thioether (sulfide) groups is 1. The summed E-state index contributed by atoms with van der Waals surface area (Å²) in [4.78, 5) is 21.7. The van der Waals surface area contributed by atoms with Gasteiger partial charge < -0.3 is 9.47 Å². The van der Waals surface area contributed by atoms with Gasteiger partial charge in [-0.05, 0) is 57.4 Å². The summed E-state index contributed by atoms with van der Waals surface area (Å²) < 4.78 is 12.1. The summed E-state index contributed by atoms with van der Waals surface area (Å²) >= 11 is 1.42. The molecule has 0 unspecified atom stereocenters. The molecule has 0 saturated carbocycles. The quantitative estimate of drug-likeness (QED) is 0.495. The van der Waals surface area contributed by atoms with Gasteiger partial charge in [-0.25, -0.2) is 19.3 Å². The first-order valence-corrected chi connectivity index (χ1v) is 9.36. The maximum absolute atomic E-state index is 12.5. The molecule has 2 aromatic heterocycles. The van der Waals surface area contributed by atoms with Gasteiger partial charge in [-0.15, -0.1) is 0 Å². The van der Waals surface area contributed by atoms with Crippen LogP contribution in [0.2, 0.25) is 0 Å². The zero-order valence-corrected chi connectivity index (χ0v) is 16.3. The van der Waals surface area contributed by atoms with Crippen LogP contribution in [0.5, 0.6) is 5.75 Å². The van der Waals surface area contributed by atoms with E-state index in [9.17, 15) is 4.79 Å². The predicted molar refractivity (Wildman–Crippen MR) is 103 cm³/mol. The molecule has 0 N–H and O–H groups in total. The number of fused-ring (bicyclic) bond motifs is 1. The molecule has 136 valence electrons. The van der Waals surface area contributed by atoms with Crippen molar-refractivity contribution in [2.24, 2.45) is 0 Å². The van der Waals surface area contributed by atoms with Crippen LogP contribution in [-0.2, 0) is 4.74 Å². The van der Waals surface area contributed by atoms with Crippen molar-refractivity contribution >= 4 is 28.9 Å². The lowest BCUT2D eigenvalue weighted by molar-refractivity contribution is 0.0543. The second-order valence-electron chi connectivity index (χ2n) is 6.69. The SMILES string of the molecule is COc1ccc(-c2nc(SC)nc3c2ccn3C(=O)OC(C)(C)C)cc1. The number of benzene rings is 1. The summed E-state index contributed by atoms with van der Waals surface area (Å²) in [5.41, 5.74) is 1.64. The Morgan fingerprint density at radius 1 is 1.12 bits per heavy atom. The fourth-order valence-corrected chi connectivity index (χ4v) is 2.87. The molecule has 1 aromatic carbocycles. The van der Waals surface area contributed by atoms with Crippen molar-refractivity contribution in [2.45, 2.75) is 31.5 Å². The zero-order valence-electron chi connectivity index (χ0n) is 15.4. The van der Waals surface area contributed by atoms with E-state index in [4.69, 9.17) is 9.47 Å². The Morgan fingerprint density at radius 2 is 1.81 bits per heavy atom. The van der Waals surface area contributed by atoms with Crippen LogP contribution in [0, 0.1) is 0 Å². The molecule has 6 nitrogen and oxygen atoms in total. The van der Waals surface area contributed by atoms with E-state index < -0.39 is 11.7 Å². The predicted octanol–water partition coefficient (Wildman–Crippen LogP) is 4.61. The van der Waals surface area contributed by atoms with E-state index in [1.807, 2.05) is 57.4 Å². The van der Waals surface area contributed by atoms with E-state index in [-0.39, 0.29) is 0 Å². The van der Waals surface area contributed by atoms with Crippen LogP contribution in [0.4, 0.5) is 4.79 Å². The van der Waals surface area contributed by atoms with Gasteiger partial charge in [0.25, 0.3) is 0 Å². The van der Waals surface area contributed by atoms with Crippen LogP contribution in [0.3, 0.4) is 0 Å². The molecule has 26 heavy (non-hydrogen) atoms. The molecule has 0 bridgehead atoms. The summed E-state index contributed by atoms with van der Waals surface area (Å²) in [6, 6.07) is 9.48. The van der Waals surface area contributed by atoms with Gasteiger partial charge in [0.1, 0.15) is 11.4 Å². The third kappa shape index (κ3) is 3.67. The fraction of sp³-hybridized carbons (Fsp3) is 0.316. The second-order valence-corrected chi connectivity index (χ2v) is 7.46. The van der Waals surface area contributed by atoms with Crippen molar-refractivity contribution in [3.05, 3.63) is 36.5 Å². The highest BCUT2D eigenvalue weighted by molar-refractivity contribution is 7.98. The molecule has 7 heteroatoms. The first-order valence-electron chi connectivity index (χ1n) is 8.13. The monoisotopic (exact) mass is 371 g/mol. The standard InChI is InChI=1S/C19H21N3O3S/c1-19(2,3)25-18(23)22-11-10-14-15(20-17(26-5)21-16(14)22)12-6-8-13(24-4)9-7-12/h6-11H,1-5H3. The molecule has 3 aromatic rings. The van der Waals surface area contributed by atoms with Crippen molar-refractivity contribution in [1.82, 2.24) is 14.5 Å². The summed E-state index contributed by atoms with van der Waals surface area (Å²) in [6.45, 7) is 5.51. The summed E-state index contributed by atoms with van der Waals surface area (Å²) in [6.07, 6.45) is 3.11. The lowest BCUT2D eigenvalue weighted by Crippen LogP contribution is -2.26. The Morgan fingerprint density at radius 3 is 2.38 bits per heavy atom. The number of nitrogens with zero attached hydrogens (tertiary/aromatic N) is 3. The van der Waals surface area contributed by atoms with Crippen molar-refractivity contribution in [1.29, 1.82) is 0 Å². The molecule has 0 saturated heterocycles. The van der Waals surface area contributed by atoms with Crippen LogP contribution in [0.25, 0.3) is 22.3 Å². The first-order chi connectivity index (χ1) is 12.3. The van der Waals surface area contributed by atoms with Crippen LogP contribution < -0.4 is 4.74 Å². The van der Waals surface area contributed by atoms with Gasteiger partial charge in [0.15, 0.2) is 10.8 Å². The topological polar surface area (TPSA) is 66.2 Å². The van der Waals surface area contributed by atoms with E-state index in [1.165, 1.54) is 16.3 Å². The lowest BCUT2D eigenvalue weighted by Gasteiger charge is -2.19. The molecule has 0 atom stereocenters. The van der Waals surface area contributed by atoms with Crippen LogP contribution in [-0.4, -0.2) is 39.6 Å². The number of hydrogen-bond acceptors (Lipinski definition) is 6. The van der Waals surface area contributed by atoms with Crippen molar-refractivity contribution in [2.75, 3.05) is 13.4 Å². The third-order valence-corrected chi connectivity index (χ3v) is 4.21. The Kier molecular flexibility index (Phi) is 4.91. The minimum Gasteiger partial charge on any atom is -0.497 e. The fourth-order valence-electron chi connectivity index (χ4n) is 2.51. The lowest BCUT2D eigenvalue weighted by atomic mass is 10.1. The second kappa shape index (κ2) is 6.99. The molecule has 2 heterocycles. The number of hydrogen-bond donors (Lipinski definition) is 0. The Labute approximate surface area is 156 Å². The van der Waals surface area contributed by atoms with Crippen molar-refractivity contribution < 1.29 is 14.3 Å². The number of carbonyl (C=O) groups is 1. The number of aromatic nitrogens is 3. The molecule has 0 aliphatic carbocycles. The largest absolute Gasteiger partial charge is 0.497 e. The van der Waals surface area contributed by atoms with E-state index in [0.717, 1.165) is 22.4 Å².